The SMILES string of the molecule is CC(C)NCc1coc(Oc2cccc(C(C)C)c2)n1. The third kappa shape index (κ3) is 4.10. The molecule has 0 atom stereocenters. The number of oxazole rings is 1. The molecule has 1 N–H and O–H groups in total. The molecule has 0 saturated carbocycles. The maximum Gasteiger partial charge on any atom is 0.399 e. The number of aromatic nitrogens is 1. The van der Waals surface area contributed by atoms with E-state index in [2.05, 4.69) is 44.1 Å². The number of rotatable bonds is 6. The van der Waals surface area contributed by atoms with Crippen LogP contribution in [0.15, 0.2) is 34.9 Å². The van der Waals surface area contributed by atoms with Crippen LogP contribution in [0.25, 0.3) is 0 Å². The highest BCUT2D eigenvalue weighted by atomic mass is 16.6. The van der Waals surface area contributed by atoms with E-state index in [1.807, 2.05) is 18.2 Å². The predicted molar refractivity (Wildman–Crippen MR) is 79.1 cm³/mol. The van der Waals surface area contributed by atoms with Crippen molar-refractivity contribution in [3.8, 4) is 11.8 Å². The number of nitrogens with one attached hydrogen (secondary N) is 1. The molecule has 108 valence electrons. The molecule has 0 radical (unpaired) electrons. The summed E-state index contributed by atoms with van der Waals surface area (Å²) >= 11 is 0. The van der Waals surface area contributed by atoms with Crippen molar-refractivity contribution < 1.29 is 9.15 Å². The Bertz CT molecular complexity index is 547. The number of hydrogen-bond donors (Lipinski definition) is 1. The first-order valence-corrected chi connectivity index (χ1v) is 7.00. The van der Waals surface area contributed by atoms with Gasteiger partial charge in [0.25, 0.3) is 0 Å². The lowest BCUT2D eigenvalue weighted by Crippen LogP contribution is -2.21. The summed E-state index contributed by atoms with van der Waals surface area (Å²) in [6.45, 7) is 9.17. The summed E-state index contributed by atoms with van der Waals surface area (Å²) < 4.78 is 11.0. The molecule has 1 heterocycles. The quantitative estimate of drug-likeness (QED) is 0.862. The number of benzene rings is 1. The van der Waals surface area contributed by atoms with E-state index in [9.17, 15) is 0 Å². The van der Waals surface area contributed by atoms with Crippen molar-refractivity contribution in [1.82, 2.24) is 10.3 Å². The molecule has 20 heavy (non-hydrogen) atoms. The van der Waals surface area contributed by atoms with Crippen LogP contribution in [0.2, 0.25) is 0 Å². The molecular formula is C16H22N2O2. The highest BCUT2D eigenvalue weighted by Gasteiger charge is 2.08. The predicted octanol–water partition coefficient (Wildman–Crippen LogP) is 4.09. The van der Waals surface area contributed by atoms with Gasteiger partial charge in [-0.2, -0.15) is 4.98 Å². The van der Waals surface area contributed by atoms with Gasteiger partial charge < -0.3 is 14.5 Å². The van der Waals surface area contributed by atoms with Crippen molar-refractivity contribution in [2.24, 2.45) is 0 Å². The first-order chi connectivity index (χ1) is 9.54. The molecule has 0 amide bonds. The molecule has 0 bridgehead atoms. The van der Waals surface area contributed by atoms with E-state index in [0.29, 0.717) is 18.5 Å². The van der Waals surface area contributed by atoms with Crippen molar-refractivity contribution in [1.29, 1.82) is 0 Å². The fourth-order valence-electron chi connectivity index (χ4n) is 1.76. The number of hydrogen-bond acceptors (Lipinski definition) is 4. The third-order valence-electron chi connectivity index (χ3n) is 2.95. The highest BCUT2D eigenvalue weighted by Crippen LogP contribution is 2.24. The van der Waals surface area contributed by atoms with E-state index in [-0.39, 0.29) is 6.08 Å². The topological polar surface area (TPSA) is 47.3 Å². The average Bonchev–Trinajstić information content (AvgIpc) is 2.84. The fourth-order valence-corrected chi connectivity index (χ4v) is 1.76. The molecule has 1 aromatic heterocycles. The van der Waals surface area contributed by atoms with Crippen LogP contribution in [0, 0.1) is 0 Å². The van der Waals surface area contributed by atoms with E-state index in [1.165, 1.54) is 5.56 Å². The van der Waals surface area contributed by atoms with Gasteiger partial charge in [-0.3, -0.25) is 0 Å². The monoisotopic (exact) mass is 274 g/mol. The fraction of sp³-hybridized carbons (Fsp3) is 0.438. The molecule has 0 aliphatic rings. The smallest absolute Gasteiger partial charge is 0.399 e. The van der Waals surface area contributed by atoms with Crippen LogP contribution in [0.1, 0.15) is 44.9 Å². The number of nitrogens with zero attached hydrogens (tertiary/aromatic N) is 1. The largest absolute Gasteiger partial charge is 0.417 e. The molecule has 0 unspecified atom stereocenters. The van der Waals surface area contributed by atoms with Crippen LogP contribution in [0.4, 0.5) is 0 Å². The Morgan fingerprint density at radius 3 is 2.75 bits per heavy atom. The minimum absolute atomic E-state index is 0.284. The van der Waals surface area contributed by atoms with Gasteiger partial charge in [0.05, 0.1) is 5.69 Å². The summed E-state index contributed by atoms with van der Waals surface area (Å²) in [4.78, 5) is 4.30. The Kier molecular flexibility index (Phi) is 4.79. The van der Waals surface area contributed by atoms with Crippen LogP contribution in [0.3, 0.4) is 0 Å². The zero-order valence-corrected chi connectivity index (χ0v) is 12.5. The van der Waals surface area contributed by atoms with E-state index < -0.39 is 0 Å². The van der Waals surface area contributed by atoms with Crippen LogP contribution >= 0.6 is 0 Å². The molecule has 0 saturated heterocycles. The second-order valence-corrected chi connectivity index (χ2v) is 5.47. The van der Waals surface area contributed by atoms with Crippen molar-refractivity contribution in [3.05, 3.63) is 41.8 Å². The zero-order valence-electron chi connectivity index (χ0n) is 12.5. The van der Waals surface area contributed by atoms with Crippen molar-refractivity contribution in [2.75, 3.05) is 0 Å². The maximum atomic E-state index is 5.65. The normalized spacial score (nSPS) is 11.3. The van der Waals surface area contributed by atoms with Gasteiger partial charge in [0, 0.05) is 12.6 Å². The minimum Gasteiger partial charge on any atom is -0.417 e. The average molecular weight is 274 g/mol. The summed E-state index contributed by atoms with van der Waals surface area (Å²) in [5.74, 6) is 1.22. The molecule has 1 aromatic carbocycles. The molecule has 0 aliphatic heterocycles. The molecule has 2 rings (SSSR count). The van der Waals surface area contributed by atoms with E-state index in [4.69, 9.17) is 9.15 Å². The van der Waals surface area contributed by atoms with E-state index >= 15 is 0 Å². The van der Waals surface area contributed by atoms with Crippen LogP contribution in [0.5, 0.6) is 11.8 Å². The van der Waals surface area contributed by atoms with Gasteiger partial charge in [0.1, 0.15) is 12.0 Å². The van der Waals surface area contributed by atoms with E-state index in [1.54, 1.807) is 6.26 Å². The lowest BCUT2D eigenvalue weighted by molar-refractivity contribution is 0.330. The Morgan fingerprint density at radius 2 is 2.05 bits per heavy atom. The Labute approximate surface area is 120 Å². The van der Waals surface area contributed by atoms with Crippen LogP contribution in [-0.2, 0) is 6.54 Å². The molecule has 0 spiro atoms. The van der Waals surface area contributed by atoms with Crippen molar-refractivity contribution in [3.63, 3.8) is 0 Å². The standard InChI is InChI=1S/C16H22N2O2/c1-11(2)13-6-5-7-15(8-13)20-16-18-14(10-19-16)9-17-12(3)4/h5-8,10-12,17H,9H2,1-4H3. The van der Waals surface area contributed by atoms with Crippen LogP contribution < -0.4 is 10.1 Å². The lowest BCUT2D eigenvalue weighted by Gasteiger charge is -2.07. The van der Waals surface area contributed by atoms with Gasteiger partial charge in [-0.1, -0.05) is 39.8 Å². The summed E-state index contributed by atoms with van der Waals surface area (Å²) in [5, 5.41) is 3.28. The Morgan fingerprint density at radius 1 is 1.25 bits per heavy atom. The first-order valence-electron chi connectivity index (χ1n) is 7.00. The molecular weight excluding hydrogens is 252 g/mol. The minimum atomic E-state index is 0.284. The summed E-state index contributed by atoms with van der Waals surface area (Å²) in [6.07, 6.45) is 1.91. The third-order valence-corrected chi connectivity index (χ3v) is 2.95. The molecule has 0 fully saturated rings. The molecule has 4 heteroatoms. The van der Waals surface area contributed by atoms with Gasteiger partial charge in [0.15, 0.2) is 0 Å². The maximum absolute atomic E-state index is 5.65. The first kappa shape index (κ1) is 14.6. The van der Waals surface area contributed by atoms with Gasteiger partial charge in [-0.15, -0.1) is 0 Å². The molecule has 2 aromatic rings. The Hall–Kier alpha value is -1.81. The van der Waals surface area contributed by atoms with Gasteiger partial charge in [0.2, 0.25) is 0 Å². The van der Waals surface area contributed by atoms with Gasteiger partial charge in [-0.25, -0.2) is 0 Å². The zero-order chi connectivity index (χ0) is 14.5. The van der Waals surface area contributed by atoms with Gasteiger partial charge in [-0.05, 0) is 23.6 Å². The second kappa shape index (κ2) is 6.57. The van der Waals surface area contributed by atoms with E-state index in [0.717, 1.165) is 11.4 Å². The summed E-state index contributed by atoms with van der Waals surface area (Å²) in [6, 6.07) is 8.40. The summed E-state index contributed by atoms with van der Waals surface area (Å²) in [5.41, 5.74) is 2.07. The second-order valence-electron chi connectivity index (χ2n) is 5.47. The van der Waals surface area contributed by atoms with Crippen molar-refractivity contribution in [2.45, 2.75) is 46.2 Å². The molecule has 0 aliphatic carbocycles. The van der Waals surface area contributed by atoms with Crippen molar-refractivity contribution >= 4 is 0 Å². The Balaban J connectivity index is 2.01. The lowest BCUT2D eigenvalue weighted by atomic mass is 10.0. The highest BCUT2D eigenvalue weighted by molar-refractivity contribution is 5.31. The summed E-state index contributed by atoms with van der Waals surface area (Å²) in [7, 11) is 0. The van der Waals surface area contributed by atoms with Gasteiger partial charge >= 0.3 is 6.08 Å². The molecule has 4 nitrogen and oxygen atoms in total. The number of ether oxygens (including phenoxy) is 1. The van der Waals surface area contributed by atoms with Crippen LogP contribution in [-0.4, -0.2) is 11.0 Å².